The molecule has 0 amide bonds. The number of benzene rings is 1. The van der Waals surface area contributed by atoms with Crippen molar-refractivity contribution in [1.29, 1.82) is 0 Å². The number of ether oxygens (including phenoxy) is 1. The van der Waals surface area contributed by atoms with Crippen LogP contribution in [-0.2, 0) is 16.0 Å². The van der Waals surface area contributed by atoms with Gasteiger partial charge < -0.3 is 9.84 Å². The maximum absolute atomic E-state index is 10.9. The van der Waals surface area contributed by atoms with Crippen molar-refractivity contribution in [2.24, 2.45) is 0 Å². The minimum Gasteiger partial charge on any atom is -0.507 e. The summed E-state index contributed by atoms with van der Waals surface area (Å²) in [5.74, 6) is -0.362. The molecule has 0 aliphatic heterocycles. The van der Waals surface area contributed by atoms with Gasteiger partial charge in [-0.1, -0.05) is 11.6 Å². The van der Waals surface area contributed by atoms with Crippen molar-refractivity contribution in [2.75, 3.05) is 7.11 Å². The molecule has 1 aromatic carbocycles. The zero-order valence-electron chi connectivity index (χ0n) is 7.38. The van der Waals surface area contributed by atoms with Crippen molar-refractivity contribution >= 4 is 33.5 Å². The number of phenols is 1. The van der Waals surface area contributed by atoms with Gasteiger partial charge in [-0.2, -0.15) is 0 Å². The van der Waals surface area contributed by atoms with Gasteiger partial charge in [0.2, 0.25) is 0 Å². The molecule has 0 unspecified atom stereocenters. The van der Waals surface area contributed by atoms with Gasteiger partial charge in [-0.15, -0.1) is 0 Å². The van der Waals surface area contributed by atoms with Gasteiger partial charge in [0, 0.05) is 0 Å². The molecule has 1 aromatic rings. The van der Waals surface area contributed by atoms with Crippen LogP contribution in [0.2, 0.25) is 5.02 Å². The van der Waals surface area contributed by atoms with Gasteiger partial charge in [-0.3, -0.25) is 4.79 Å². The first-order valence-corrected chi connectivity index (χ1v) is 4.95. The first-order chi connectivity index (χ1) is 6.54. The minimum absolute atomic E-state index is 0.0106. The fourth-order valence-electron chi connectivity index (χ4n) is 0.970. The lowest BCUT2D eigenvalue weighted by atomic mass is 10.1. The van der Waals surface area contributed by atoms with Crippen LogP contribution in [0.15, 0.2) is 16.6 Å². The quantitative estimate of drug-likeness (QED) is 0.846. The zero-order chi connectivity index (χ0) is 10.7. The zero-order valence-corrected chi connectivity index (χ0v) is 9.72. The smallest absolute Gasteiger partial charge is 0.309 e. The van der Waals surface area contributed by atoms with Crippen LogP contribution in [0.1, 0.15) is 5.56 Å². The van der Waals surface area contributed by atoms with Gasteiger partial charge in [0.05, 0.1) is 23.0 Å². The van der Waals surface area contributed by atoms with E-state index in [2.05, 4.69) is 20.7 Å². The second-order valence-corrected chi connectivity index (χ2v) is 3.86. The minimum atomic E-state index is -0.372. The molecule has 0 fully saturated rings. The van der Waals surface area contributed by atoms with E-state index in [4.69, 9.17) is 11.6 Å². The van der Waals surface area contributed by atoms with Gasteiger partial charge in [-0.25, -0.2) is 0 Å². The van der Waals surface area contributed by atoms with Crippen LogP contribution in [0.5, 0.6) is 5.75 Å². The van der Waals surface area contributed by atoms with E-state index in [-0.39, 0.29) is 18.1 Å². The van der Waals surface area contributed by atoms with E-state index < -0.39 is 0 Å². The molecule has 0 aliphatic carbocycles. The van der Waals surface area contributed by atoms with Crippen LogP contribution >= 0.6 is 27.5 Å². The Bertz CT molecular complexity index is 342. The van der Waals surface area contributed by atoms with Crippen LogP contribution in [0, 0.1) is 0 Å². The number of carbonyl (C=O) groups excluding carboxylic acids is 1. The van der Waals surface area contributed by atoms with Crippen molar-refractivity contribution in [3.8, 4) is 5.75 Å². The Morgan fingerprint density at radius 1 is 1.64 bits per heavy atom. The Morgan fingerprint density at radius 3 is 2.79 bits per heavy atom. The monoisotopic (exact) mass is 278 g/mol. The summed E-state index contributed by atoms with van der Waals surface area (Å²) in [6.45, 7) is 0. The molecule has 0 aliphatic rings. The van der Waals surface area contributed by atoms with Crippen LogP contribution in [0.3, 0.4) is 0 Å². The van der Waals surface area contributed by atoms with Crippen molar-refractivity contribution in [1.82, 2.24) is 0 Å². The Labute approximate surface area is 94.8 Å². The Hall–Kier alpha value is -0.740. The normalized spacial score (nSPS) is 9.93. The molecular weight excluding hydrogens is 271 g/mol. The van der Waals surface area contributed by atoms with Crippen LogP contribution in [0.25, 0.3) is 0 Å². The predicted molar refractivity (Wildman–Crippen MR) is 56.5 cm³/mol. The summed E-state index contributed by atoms with van der Waals surface area (Å²) in [5.41, 5.74) is 0.613. The first-order valence-electron chi connectivity index (χ1n) is 3.78. The van der Waals surface area contributed by atoms with Crippen LogP contribution < -0.4 is 0 Å². The predicted octanol–water partition coefficient (Wildman–Crippen LogP) is 2.52. The molecule has 0 aromatic heterocycles. The number of hydrogen-bond donors (Lipinski definition) is 1. The lowest BCUT2D eigenvalue weighted by Gasteiger charge is -2.04. The number of rotatable bonds is 2. The first kappa shape index (κ1) is 11.3. The molecule has 0 atom stereocenters. The summed E-state index contributed by atoms with van der Waals surface area (Å²) in [4.78, 5) is 10.9. The third-order valence-electron chi connectivity index (χ3n) is 1.64. The van der Waals surface area contributed by atoms with E-state index in [1.807, 2.05) is 0 Å². The molecule has 0 saturated heterocycles. The summed E-state index contributed by atoms with van der Waals surface area (Å²) in [7, 11) is 1.31. The van der Waals surface area contributed by atoms with Gasteiger partial charge in [0.15, 0.2) is 0 Å². The standard InChI is InChI=1S/C9H8BrClO3/c1-14-8(13)4-5-2-6(11)9(10)7(12)3-5/h2-3,12H,4H2,1H3. The highest BCUT2D eigenvalue weighted by molar-refractivity contribution is 9.10. The fourth-order valence-corrected chi connectivity index (χ4v) is 1.44. The highest BCUT2D eigenvalue weighted by atomic mass is 79.9. The molecule has 5 heteroatoms. The lowest BCUT2D eigenvalue weighted by molar-refractivity contribution is -0.139. The van der Waals surface area contributed by atoms with Crippen molar-refractivity contribution in [2.45, 2.75) is 6.42 Å². The maximum atomic E-state index is 10.9. The highest BCUT2D eigenvalue weighted by Crippen LogP contribution is 2.32. The van der Waals surface area contributed by atoms with Crippen molar-refractivity contribution in [3.63, 3.8) is 0 Å². The average Bonchev–Trinajstić information content (AvgIpc) is 2.14. The van der Waals surface area contributed by atoms with E-state index in [1.54, 1.807) is 6.07 Å². The SMILES string of the molecule is COC(=O)Cc1cc(O)c(Br)c(Cl)c1. The van der Waals surface area contributed by atoms with E-state index >= 15 is 0 Å². The van der Waals surface area contributed by atoms with E-state index in [9.17, 15) is 9.90 Å². The molecule has 0 radical (unpaired) electrons. The van der Waals surface area contributed by atoms with Gasteiger partial charge in [0.1, 0.15) is 5.75 Å². The van der Waals surface area contributed by atoms with E-state index in [0.717, 1.165) is 0 Å². The average molecular weight is 280 g/mol. The van der Waals surface area contributed by atoms with Gasteiger partial charge in [-0.05, 0) is 33.6 Å². The number of esters is 1. The molecule has 14 heavy (non-hydrogen) atoms. The van der Waals surface area contributed by atoms with Crippen LogP contribution in [0.4, 0.5) is 0 Å². The molecule has 0 spiro atoms. The largest absolute Gasteiger partial charge is 0.507 e. The molecule has 0 saturated carbocycles. The van der Waals surface area contributed by atoms with Crippen molar-refractivity contribution in [3.05, 3.63) is 27.2 Å². The van der Waals surface area contributed by atoms with E-state index in [0.29, 0.717) is 15.1 Å². The third-order valence-corrected chi connectivity index (χ3v) is 3.00. The summed E-state index contributed by atoms with van der Waals surface area (Å²) in [6, 6.07) is 3.06. The molecular formula is C9H8BrClO3. The number of hydrogen-bond acceptors (Lipinski definition) is 3. The Morgan fingerprint density at radius 2 is 2.29 bits per heavy atom. The second-order valence-electron chi connectivity index (χ2n) is 2.66. The maximum Gasteiger partial charge on any atom is 0.309 e. The summed E-state index contributed by atoms with van der Waals surface area (Å²) >= 11 is 8.89. The molecule has 3 nitrogen and oxygen atoms in total. The second kappa shape index (κ2) is 4.66. The highest BCUT2D eigenvalue weighted by Gasteiger charge is 2.09. The van der Waals surface area contributed by atoms with Gasteiger partial charge >= 0.3 is 5.97 Å². The number of halogens is 2. The van der Waals surface area contributed by atoms with Crippen molar-refractivity contribution < 1.29 is 14.6 Å². The number of aromatic hydroxyl groups is 1. The number of phenolic OH excluding ortho intramolecular Hbond substituents is 1. The van der Waals surface area contributed by atoms with E-state index in [1.165, 1.54) is 13.2 Å². The topological polar surface area (TPSA) is 46.5 Å². The summed E-state index contributed by atoms with van der Waals surface area (Å²) in [5, 5.41) is 9.75. The molecule has 1 N–H and O–H groups in total. The molecule has 0 heterocycles. The summed E-state index contributed by atoms with van der Waals surface area (Å²) in [6.07, 6.45) is 0.0943. The van der Waals surface area contributed by atoms with Gasteiger partial charge in [0.25, 0.3) is 0 Å². The lowest BCUT2D eigenvalue weighted by Crippen LogP contribution is -2.04. The molecule has 1 rings (SSSR count). The number of methoxy groups -OCH3 is 1. The Balaban J connectivity index is 2.95. The summed E-state index contributed by atoms with van der Waals surface area (Å²) < 4.78 is 4.91. The molecule has 0 bridgehead atoms. The molecule has 76 valence electrons. The Kier molecular flexibility index (Phi) is 3.77. The number of carbonyl (C=O) groups is 1. The third kappa shape index (κ3) is 2.62. The van der Waals surface area contributed by atoms with Crippen LogP contribution in [-0.4, -0.2) is 18.2 Å². The fraction of sp³-hybridized carbons (Fsp3) is 0.222.